The quantitative estimate of drug-likeness (QED) is 0.382. The minimum atomic E-state index is 0.108. The minimum absolute atomic E-state index is 0.108. The van der Waals surface area contributed by atoms with E-state index >= 15 is 0 Å². The number of benzene rings is 2. The van der Waals surface area contributed by atoms with Gasteiger partial charge in [0.1, 0.15) is 12.4 Å². The molecule has 1 N–H and O–H groups in total. The number of imidazole rings is 1. The molecule has 3 aromatic rings. The molecule has 0 aliphatic rings. The fraction of sp³-hybridized carbons (Fsp3) is 0.462. The summed E-state index contributed by atoms with van der Waals surface area (Å²) in [5.41, 5.74) is 2.09. The highest BCUT2D eigenvalue weighted by Crippen LogP contribution is 2.26. The Labute approximate surface area is 190 Å². The zero-order valence-corrected chi connectivity index (χ0v) is 19.5. The van der Waals surface area contributed by atoms with Gasteiger partial charge >= 0.3 is 0 Å². The summed E-state index contributed by atoms with van der Waals surface area (Å²) in [6.07, 6.45) is 3.41. The lowest BCUT2D eigenvalue weighted by Crippen LogP contribution is -2.31. The molecule has 32 heavy (non-hydrogen) atoms. The second-order valence-corrected chi connectivity index (χ2v) is 7.80. The molecule has 6 heteroatoms. The molecule has 1 heterocycles. The van der Waals surface area contributed by atoms with Gasteiger partial charge in [0.15, 0.2) is 11.5 Å². The number of carbonyl (C=O) groups excluding carboxylic acids is 1. The van der Waals surface area contributed by atoms with Crippen LogP contribution in [0.25, 0.3) is 11.0 Å². The Bertz CT molecular complexity index is 995. The van der Waals surface area contributed by atoms with Crippen molar-refractivity contribution in [3.05, 3.63) is 54.4 Å². The molecule has 0 aliphatic heterocycles. The molecule has 3 rings (SSSR count). The third-order valence-electron chi connectivity index (χ3n) is 5.69. The summed E-state index contributed by atoms with van der Waals surface area (Å²) >= 11 is 0. The molecule has 0 bridgehead atoms. The topological polar surface area (TPSA) is 65.4 Å². The second-order valence-electron chi connectivity index (χ2n) is 7.80. The SMILES string of the molecule is CCOc1ccccc1OCCn1c(CCCNC(=O)C(CC)CC)nc2ccccc21. The zero-order chi connectivity index (χ0) is 22.8. The molecule has 0 aliphatic carbocycles. The van der Waals surface area contributed by atoms with Crippen LogP contribution in [0.2, 0.25) is 0 Å². The maximum absolute atomic E-state index is 12.2. The first-order chi connectivity index (χ1) is 15.7. The van der Waals surface area contributed by atoms with Crippen molar-refractivity contribution < 1.29 is 14.3 Å². The number of amides is 1. The molecule has 0 spiro atoms. The van der Waals surface area contributed by atoms with Gasteiger partial charge in [-0.15, -0.1) is 0 Å². The Morgan fingerprint density at radius 1 is 1.00 bits per heavy atom. The third kappa shape index (κ3) is 6.02. The van der Waals surface area contributed by atoms with Crippen molar-refractivity contribution >= 4 is 16.9 Å². The van der Waals surface area contributed by atoms with Crippen LogP contribution in [0, 0.1) is 5.92 Å². The number of ether oxygens (including phenoxy) is 2. The smallest absolute Gasteiger partial charge is 0.223 e. The summed E-state index contributed by atoms with van der Waals surface area (Å²) in [4.78, 5) is 17.1. The van der Waals surface area contributed by atoms with Crippen molar-refractivity contribution in [2.24, 2.45) is 5.92 Å². The van der Waals surface area contributed by atoms with Crippen molar-refractivity contribution in [2.75, 3.05) is 19.8 Å². The summed E-state index contributed by atoms with van der Waals surface area (Å²) in [6.45, 7) is 8.56. The number of para-hydroxylation sites is 4. The van der Waals surface area contributed by atoms with Gasteiger partial charge in [0.2, 0.25) is 5.91 Å². The highest BCUT2D eigenvalue weighted by Gasteiger charge is 2.14. The van der Waals surface area contributed by atoms with E-state index < -0.39 is 0 Å². The van der Waals surface area contributed by atoms with Gasteiger partial charge in [-0.05, 0) is 50.5 Å². The number of aromatic nitrogens is 2. The number of nitrogens with zero attached hydrogens (tertiary/aromatic N) is 2. The maximum Gasteiger partial charge on any atom is 0.223 e. The van der Waals surface area contributed by atoms with E-state index in [1.807, 2.05) is 49.4 Å². The Hall–Kier alpha value is -3.02. The number of rotatable bonds is 13. The van der Waals surface area contributed by atoms with Gasteiger partial charge in [-0.2, -0.15) is 0 Å². The lowest BCUT2D eigenvalue weighted by atomic mass is 10.0. The highest BCUT2D eigenvalue weighted by atomic mass is 16.5. The normalized spacial score (nSPS) is 11.1. The molecule has 1 amide bonds. The van der Waals surface area contributed by atoms with Gasteiger partial charge in [-0.3, -0.25) is 4.79 Å². The van der Waals surface area contributed by atoms with E-state index in [2.05, 4.69) is 29.8 Å². The van der Waals surface area contributed by atoms with Gasteiger partial charge in [-0.1, -0.05) is 38.1 Å². The zero-order valence-electron chi connectivity index (χ0n) is 19.5. The maximum atomic E-state index is 12.2. The number of hydrogen-bond donors (Lipinski definition) is 1. The first-order valence-electron chi connectivity index (χ1n) is 11.7. The molecule has 2 aromatic carbocycles. The number of nitrogens with one attached hydrogen (secondary N) is 1. The van der Waals surface area contributed by atoms with E-state index in [1.54, 1.807) is 0 Å². The van der Waals surface area contributed by atoms with E-state index in [0.717, 1.165) is 54.0 Å². The van der Waals surface area contributed by atoms with Gasteiger partial charge in [0, 0.05) is 18.9 Å². The van der Waals surface area contributed by atoms with Gasteiger partial charge in [0.05, 0.1) is 24.2 Å². The molecular weight excluding hydrogens is 402 g/mol. The van der Waals surface area contributed by atoms with Crippen molar-refractivity contribution in [3.63, 3.8) is 0 Å². The third-order valence-corrected chi connectivity index (χ3v) is 5.69. The van der Waals surface area contributed by atoms with Crippen LogP contribution < -0.4 is 14.8 Å². The monoisotopic (exact) mass is 437 g/mol. The molecule has 0 unspecified atom stereocenters. The summed E-state index contributed by atoms with van der Waals surface area (Å²) in [5.74, 6) is 2.80. The fourth-order valence-electron chi connectivity index (χ4n) is 3.92. The number of fused-ring (bicyclic) bond motifs is 1. The van der Waals surface area contributed by atoms with Crippen LogP contribution in [0.1, 0.15) is 45.9 Å². The van der Waals surface area contributed by atoms with E-state index in [1.165, 1.54) is 0 Å². The fourth-order valence-corrected chi connectivity index (χ4v) is 3.92. The molecule has 6 nitrogen and oxygen atoms in total. The summed E-state index contributed by atoms with van der Waals surface area (Å²) in [7, 11) is 0. The molecule has 0 saturated carbocycles. The Balaban J connectivity index is 1.62. The molecule has 0 fully saturated rings. The van der Waals surface area contributed by atoms with Crippen LogP contribution in [0.4, 0.5) is 0 Å². The van der Waals surface area contributed by atoms with E-state index in [-0.39, 0.29) is 11.8 Å². The van der Waals surface area contributed by atoms with Gasteiger partial charge in [0.25, 0.3) is 0 Å². The van der Waals surface area contributed by atoms with Gasteiger partial charge in [-0.25, -0.2) is 4.98 Å². The van der Waals surface area contributed by atoms with Crippen molar-refractivity contribution in [1.82, 2.24) is 14.9 Å². The van der Waals surface area contributed by atoms with Crippen molar-refractivity contribution in [2.45, 2.75) is 53.0 Å². The number of aryl methyl sites for hydroxylation is 1. The van der Waals surface area contributed by atoms with Crippen molar-refractivity contribution in [1.29, 1.82) is 0 Å². The molecule has 0 radical (unpaired) electrons. The van der Waals surface area contributed by atoms with Crippen molar-refractivity contribution in [3.8, 4) is 11.5 Å². The van der Waals surface area contributed by atoms with E-state index in [4.69, 9.17) is 14.5 Å². The predicted octanol–water partition coefficient (Wildman–Crippen LogP) is 5.00. The largest absolute Gasteiger partial charge is 0.490 e. The average Bonchev–Trinajstić information content (AvgIpc) is 3.16. The highest BCUT2D eigenvalue weighted by molar-refractivity contribution is 5.78. The Morgan fingerprint density at radius 3 is 2.41 bits per heavy atom. The number of carbonyl (C=O) groups is 1. The molecule has 0 atom stereocenters. The molecular formula is C26H35N3O3. The lowest BCUT2D eigenvalue weighted by molar-refractivity contribution is -0.125. The van der Waals surface area contributed by atoms with Crippen LogP contribution in [0.3, 0.4) is 0 Å². The van der Waals surface area contributed by atoms with Crippen LogP contribution in [-0.4, -0.2) is 35.2 Å². The van der Waals surface area contributed by atoms with E-state index in [9.17, 15) is 4.79 Å². The Morgan fingerprint density at radius 2 is 1.69 bits per heavy atom. The van der Waals surface area contributed by atoms with Crippen LogP contribution in [-0.2, 0) is 17.8 Å². The van der Waals surface area contributed by atoms with E-state index in [0.29, 0.717) is 26.3 Å². The first-order valence-corrected chi connectivity index (χ1v) is 11.7. The predicted molar refractivity (Wildman–Crippen MR) is 128 cm³/mol. The Kier molecular flexibility index (Phi) is 8.96. The number of hydrogen-bond acceptors (Lipinski definition) is 4. The van der Waals surface area contributed by atoms with Crippen LogP contribution >= 0.6 is 0 Å². The summed E-state index contributed by atoms with van der Waals surface area (Å²) in [5, 5.41) is 3.08. The average molecular weight is 438 g/mol. The lowest BCUT2D eigenvalue weighted by Gasteiger charge is -2.14. The molecule has 0 saturated heterocycles. The minimum Gasteiger partial charge on any atom is -0.490 e. The summed E-state index contributed by atoms with van der Waals surface area (Å²) in [6, 6.07) is 15.9. The standard InChI is InChI=1S/C26H35N3O3/c1-4-20(5-2)26(30)27-17-11-16-25-28-21-12-7-8-13-22(21)29(25)18-19-32-24-15-10-9-14-23(24)31-6-3/h7-10,12-15,20H,4-6,11,16-19H2,1-3H3,(H,27,30). The molecule has 1 aromatic heterocycles. The van der Waals surface area contributed by atoms with Crippen LogP contribution in [0.5, 0.6) is 11.5 Å². The molecule has 172 valence electrons. The first kappa shape index (κ1) is 23.6. The summed E-state index contributed by atoms with van der Waals surface area (Å²) < 4.78 is 13.9. The van der Waals surface area contributed by atoms with Crippen LogP contribution in [0.15, 0.2) is 48.5 Å². The second kappa shape index (κ2) is 12.1. The van der Waals surface area contributed by atoms with Gasteiger partial charge < -0.3 is 19.4 Å².